The average Bonchev–Trinajstić information content (AvgIpc) is 2.81. The second kappa shape index (κ2) is 9.23. The summed E-state index contributed by atoms with van der Waals surface area (Å²) < 4.78 is 6.09. The third kappa shape index (κ3) is 4.36. The van der Waals surface area contributed by atoms with Crippen LogP contribution in [0.5, 0.6) is 5.75 Å². The first kappa shape index (κ1) is 21.6. The molecule has 0 radical (unpaired) electrons. The van der Waals surface area contributed by atoms with Crippen LogP contribution >= 0.6 is 0 Å². The highest BCUT2D eigenvalue weighted by Gasteiger charge is 2.30. The molecule has 1 aliphatic rings. The van der Waals surface area contributed by atoms with Crippen LogP contribution in [0.15, 0.2) is 54.7 Å². The van der Waals surface area contributed by atoms with E-state index in [1.54, 1.807) is 0 Å². The highest BCUT2D eigenvalue weighted by molar-refractivity contribution is 5.89. The van der Waals surface area contributed by atoms with Gasteiger partial charge >= 0.3 is 12.1 Å². The lowest BCUT2D eigenvalue weighted by Crippen LogP contribution is -2.49. The Balaban J connectivity index is 1.39. The van der Waals surface area contributed by atoms with Crippen molar-refractivity contribution in [3.63, 3.8) is 0 Å². The van der Waals surface area contributed by atoms with Gasteiger partial charge < -0.3 is 14.7 Å². The van der Waals surface area contributed by atoms with Gasteiger partial charge in [0.15, 0.2) is 0 Å². The zero-order valence-corrected chi connectivity index (χ0v) is 18.0. The van der Waals surface area contributed by atoms with Crippen LogP contribution in [0.25, 0.3) is 22.0 Å². The van der Waals surface area contributed by atoms with Crippen LogP contribution in [0.1, 0.15) is 18.4 Å². The molecule has 0 saturated carbocycles. The molecule has 0 aliphatic carbocycles. The van der Waals surface area contributed by atoms with E-state index in [0.29, 0.717) is 31.0 Å². The van der Waals surface area contributed by atoms with Crippen molar-refractivity contribution in [2.45, 2.75) is 25.9 Å². The third-order valence-corrected chi connectivity index (χ3v) is 5.76. The number of pyridine rings is 1. The van der Waals surface area contributed by atoms with Gasteiger partial charge in [0.2, 0.25) is 0 Å². The number of aryl methyl sites for hydroxylation is 1. The number of ether oxygens (including phenoxy) is 1. The lowest BCUT2D eigenvalue weighted by molar-refractivity contribution is -0.0758. The van der Waals surface area contributed by atoms with E-state index in [-0.39, 0.29) is 6.10 Å². The van der Waals surface area contributed by atoms with Gasteiger partial charge in [-0.3, -0.25) is 9.82 Å². The van der Waals surface area contributed by atoms with Gasteiger partial charge in [-0.1, -0.05) is 35.4 Å². The summed E-state index contributed by atoms with van der Waals surface area (Å²) in [6.45, 7) is 2.90. The number of carbonyl (C=O) groups excluding carboxylic acids is 1. The maximum Gasteiger partial charge on any atom is 0.440 e. The van der Waals surface area contributed by atoms with Gasteiger partial charge in [0, 0.05) is 43.1 Å². The summed E-state index contributed by atoms with van der Waals surface area (Å²) in [4.78, 5) is 33.9. The van der Waals surface area contributed by atoms with E-state index in [0.717, 1.165) is 34.9 Å². The fraction of sp³-hybridized carbons (Fsp3) is 0.292. The summed E-state index contributed by atoms with van der Waals surface area (Å²) in [5.41, 5.74) is 4.33. The number of nitrogens with zero attached hydrogens (tertiary/aromatic N) is 3. The summed E-state index contributed by atoms with van der Waals surface area (Å²) in [6.07, 6.45) is 1.64. The van der Waals surface area contributed by atoms with Crippen molar-refractivity contribution in [3.8, 4) is 16.9 Å². The largest absolute Gasteiger partial charge is 0.490 e. The number of carboxylic acid groups (broad SMARTS) is 1. The van der Waals surface area contributed by atoms with Crippen LogP contribution in [0.2, 0.25) is 0 Å². The number of likely N-dealkylation sites (tertiary alicyclic amines) is 1. The fourth-order valence-corrected chi connectivity index (χ4v) is 4.01. The predicted molar refractivity (Wildman–Crippen MR) is 119 cm³/mol. The summed E-state index contributed by atoms with van der Waals surface area (Å²) >= 11 is 0. The Morgan fingerprint density at radius 1 is 1.09 bits per heavy atom. The Morgan fingerprint density at radius 2 is 1.78 bits per heavy atom. The first-order valence-electron chi connectivity index (χ1n) is 10.5. The molecule has 4 rings (SSSR count). The normalized spacial score (nSPS) is 14.4. The lowest BCUT2D eigenvalue weighted by Gasteiger charge is -2.33. The van der Waals surface area contributed by atoms with Crippen LogP contribution in [-0.4, -0.2) is 58.5 Å². The number of rotatable bonds is 4. The number of para-hydroxylation sites is 1. The van der Waals surface area contributed by atoms with Crippen LogP contribution in [0, 0.1) is 6.92 Å². The summed E-state index contributed by atoms with van der Waals surface area (Å²) in [5, 5.41) is 10.5. The topological polar surface area (TPSA) is 92.2 Å². The molecule has 1 N–H and O–H groups in total. The van der Waals surface area contributed by atoms with E-state index < -0.39 is 12.1 Å². The molecule has 1 saturated heterocycles. The van der Waals surface area contributed by atoms with Crippen molar-refractivity contribution in [2.75, 3.05) is 20.2 Å². The maximum absolute atomic E-state index is 12.2. The van der Waals surface area contributed by atoms with Crippen molar-refractivity contribution in [2.24, 2.45) is 0 Å². The number of imide groups is 1. The van der Waals surface area contributed by atoms with E-state index in [9.17, 15) is 9.59 Å². The monoisotopic (exact) mass is 435 g/mol. The van der Waals surface area contributed by atoms with Gasteiger partial charge in [0.1, 0.15) is 11.9 Å². The standard InChI is InChI=1S/C24H25N3O5/c1-16-20-5-3-4-6-22(20)25-15-21(16)17-7-9-18(10-8-17)32-19-11-13-26(14-12-19)23(28)27(31-2)24(29)30/h3-10,15,19H,11-14H2,1-2H3,(H,29,30). The van der Waals surface area contributed by atoms with Crippen LogP contribution in [-0.2, 0) is 4.84 Å². The number of fused-ring (bicyclic) bond motifs is 1. The molecule has 1 aromatic heterocycles. The second-order valence-corrected chi connectivity index (χ2v) is 7.68. The van der Waals surface area contributed by atoms with Crippen molar-refractivity contribution in [1.29, 1.82) is 0 Å². The van der Waals surface area contributed by atoms with Crippen molar-refractivity contribution < 1.29 is 24.3 Å². The predicted octanol–water partition coefficient (Wildman–Crippen LogP) is 4.71. The van der Waals surface area contributed by atoms with Crippen molar-refractivity contribution in [1.82, 2.24) is 14.9 Å². The highest BCUT2D eigenvalue weighted by atomic mass is 16.7. The molecule has 1 aliphatic heterocycles. The number of hydroxylamine groups is 2. The van der Waals surface area contributed by atoms with Crippen LogP contribution in [0.4, 0.5) is 9.59 Å². The number of urea groups is 1. The zero-order valence-electron chi connectivity index (χ0n) is 18.0. The SMILES string of the molecule is CON(C(=O)O)C(=O)N1CCC(Oc2ccc(-c3cnc4ccccc4c3C)cc2)CC1. The smallest absolute Gasteiger partial charge is 0.440 e. The number of carbonyl (C=O) groups is 2. The molecule has 0 unspecified atom stereocenters. The minimum Gasteiger partial charge on any atom is -0.490 e. The number of aromatic nitrogens is 1. The average molecular weight is 435 g/mol. The number of amides is 3. The zero-order chi connectivity index (χ0) is 22.7. The molecule has 8 nitrogen and oxygen atoms in total. The van der Waals surface area contributed by atoms with Crippen molar-refractivity contribution in [3.05, 3.63) is 60.3 Å². The molecular weight excluding hydrogens is 410 g/mol. The fourth-order valence-electron chi connectivity index (χ4n) is 4.01. The minimum absolute atomic E-state index is 0.0465. The molecule has 0 spiro atoms. The summed E-state index contributed by atoms with van der Waals surface area (Å²) in [7, 11) is 1.15. The second-order valence-electron chi connectivity index (χ2n) is 7.68. The molecule has 166 valence electrons. The molecule has 2 heterocycles. The number of hydrogen-bond donors (Lipinski definition) is 1. The quantitative estimate of drug-likeness (QED) is 0.597. The van der Waals surface area contributed by atoms with Crippen LogP contribution in [0.3, 0.4) is 0 Å². The molecule has 8 heteroatoms. The minimum atomic E-state index is -1.44. The lowest BCUT2D eigenvalue weighted by atomic mass is 9.99. The Labute approximate surface area is 185 Å². The summed E-state index contributed by atoms with van der Waals surface area (Å²) in [5.74, 6) is 0.758. The first-order chi connectivity index (χ1) is 15.5. The molecular formula is C24H25N3O5. The van der Waals surface area contributed by atoms with E-state index in [1.165, 1.54) is 10.5 Å². The molecule has 3 amide bonds. The van der Waals surface area contributed by atoms with Crippen LogP contribution < -0.4 is 4.74 Å². The van der Waals surface area contributed by atoms with E-state index >= 15 is 0 Å². The van der Waals surface area contributed by atoms with Gasteiger partial charge in [-0.15, -0.1) is 0 Å². The van der Waals surface area contributed by atoms with Gasteiger partial charge in [0.05, 0.1) is 12.6 Å². The highest BCUT2D eigenvalue weighted by Crippen LogP contribution is 2.30. The first-order valence-corrected chi connectivity index (χ1v) is 10.5. The van der Waals surface area contributed by atoms with Crippen molar-refractivity contribution >= 4 is 23.0 Å². The molecule has 3 aromatic rings. The van der Waals surface area contributed by atoms with Gasteiger partial charge in [-0.2, -0.15) is 0 Å². The molecule has 2 aromatic carbocycles. The Morgan fingerprint density at radius 3 is 2.44 bits per heavy atom. The van der Waals surface area contributed by atoms with E-state index in [2.05, 4.69) is 22.8 Å². The molecule has 0 atom stereocenters. The summed E-state index contributed by atoms with van der Waals surface area (Å²) in [6, 6.07) is 15.4. The molecule has 1 fully saturated rings. The molecule has 32 heavy (non-hydrogen) atoms. The third-order valence-electron chi connectivity index (χ3n) is 5.76. The van der Waals surface area contributed by atoms with E-state index in [4.69, 9.17) is 9.84 Å². The van der Waals surface area contributed by atoms with Gasteiger partial charge in [-0.25, -0.2) is 9.59 Å². The molecule has 0 bridgehead atoms. The number of piperidine rings is 1. The Kier molecular flexibility index (Phi) is 6.23. The maximum atomic E-state index is 12.2. The number of benzene rings is 2. The van der Waals surface area contributed by atoms with Gasteiger partial charge in [-0.05, 0) is 36.2 Å². The van der Waals surface area contributed by atoms with Gasteiger partial charge in [0.25, 0.3) is 0 Å². The van der Waals surface area contributed by atoms with E-state index in [1.807, 2.05) is 48.7 Å². The Hall–Kier alpha value is -3.65. The number of hydrogen-bond acceptors (Lipinski definition) is 5. The Bertz CT molecular complexity index is 1120.